The van der Waals surface area contributed by atoms with Crippen LogP contribution >= 0.6 is 0 Å². The van der Waals surface area contributed by atoms with Crippen molar-refractivity contribution in [2.45, 2.75) is 13.8 Å². The van der Waals surface area contributed by atoms with Crippen LogP contribution in [0.25, 0.3) is 16.5 Å². The molecule has 0 bridgehead atoms. The Bertz CT molecular complexity index is 1250. The van der Waals surface area contributed by atoms with Gasteiger partial charge in [-0.2, -0.15) is 5.10 Å². The molecular formula is C25H23N3O2. The van der Waals surface area contributed by atoms with Crippen LogP contribution in [0.4, 0.5) is 0 Å². The Morgan fingerprint density at radius 3 is 2.47 bits per heavy atom. The molecule has 5 nitrogen and oxygen atoms in total. The maximum atomic E-state index is 12.7. The van der Waals surface area contributed by atoms with Crippen LogP contribution in [0.15, 0.2) is 78.0 Å². The molecule has 3 aromatic carbocycles. The summed E-state index contributed by atoms with van der Waals surface area (Å²) >= 11 is 0. The fourth-order valence-electron chi connectivity index (χ4n) is 3.39. The number of ether oxygens (including phenoxy) is 1. The van der Waals surface area contributed by atoms with Crippen LogP contribution in [0.2, 0.25) is 0 Å². The molecule has 0 saturated heterocycles. The smallest absolute Gasteiger partial charge is 0.275 e. The zero-order chi connectivity index (χ0) is 21.1. The summed E-state index contributed by atoms with van der Waals surface area (Å²) in [5, 5.41) is 6.15. The molecule has 0 aliphatic carbocycles. The number of carbonyl (C=O) groups excluding carboxylic acids is 1. The van der Waals surface area contributed by atoms with E-state index >= 15 is 0 Å². The summed E-state index contributed by atoms with van der Waals surface area (Å²) in [5.74, 6) is 0.193. The van der Waals surface area contributed by atoms with Crippen LogP contribution in [0.1, 0.15) is 27.2 Å². The van der Waals surface area contributed by atoms with Crippen molar-refractivity contribution in [3.63, 3.8) is 0 Å². The first kappa shape index (κ1) is 19.5. The van der Waals surface area contributed by atoms with Crippen LogP contribution < -0.4 is 10.2 Å². The van der Waals surface area contributed by atoms with Gasteiger partial charge in [-0.3, -0.25) is 4.79 Å². The summed E-state index contributed by atoms with van der Waals surface area (Å²) in [6, 6.07) is 21.7. The third-order valence-electron chi connectivity index (χ3n) is 5.22. The average Bonchev–Trinajstić information content (AvgIpc) is 3.23. The van der Waals surface area contributed by atoms with Crippen molar-refractivity contribution in [2.75, 3.05) is 7.11 Å². The molecule has 4 aromatic rings. The van der Waals surface area contributed by atoms with E-state index in [1.165, 1.54) is 11.1 Å². The van der Waals surface area contributed by atoms with Crippen molar-refractivity contribution < 1.29 is 9.53 Å². The fourth-order valence-corrected chi connectivity index (χ4v) is 3.39. The van der Waals surface area contributed by atoms with Crippen LogP contribution in [0, 0.1) is 13.8 Å². The number of carbonyl (C=O) groups is 1. The van der Waals surface area contributed by atoms with Gasteiger partial charge in [-0.25, -0.2) is 5.43 Å². The summed E-state index contributed by atoms with van der Waals surface area (Å²) in [5.41, 5.74) is 7.44. The third kappa shape index (κ3) is 3.82. The number of fused-ring (bicyclic) bond motifs is 1. The molecule has 0 aliphatic rings. The standard InChI is InChI=1S/C25H23N3O2/c1-17-10-11-21(13-18(17)2)28-12-6-9-22(28)16-26-27-25(29)23-14-19-7-4-5-8-20(19)15-24(23)30-3/h4-16H,1-3H3,(H,27,29)/b26-16-. The highest BCUT2D eigenvalue weighted by Crippen LogP contribution is 2.26. The van der Waals surface area contributed by atoms with Gasteiger partial charge in [0, 0.05) is 11.9 Å². The van der Waals surface area contributed by atoms with Gasteiger partial charge in [0.25, 0.3) is 5.91 Å². The van der Waals surface area contributed by atoms with Gasteiger partial charge in [-0.1, -0.05) is 30.3 Å². The van der Waals surface area contributed by atoms with E-state index in [0.717, 1.165) is 22.2 Å². The Kier molecular flexibility index (Phi) is 5.35. The largest absolute Gasteiger partial charge is 0.496 e. The number of amides is 1. The third-order valence-corrected chi connectivity index (χ3v) is 5.22. The molecule has 150 valence electrons. The molecule has 1 heterocycles. The molecule has 4 rings (SSSR count). The maximum absolute atomic E-state index is 12.7. The molecule has 0 aliphatic heterocycles. The molecule has 1 aromatic heterocycles. The number of nitrogens with zero attached hydrogens (tertiary/aromatic N) is 2. The molecule has 0 radical (unpaired) electrons. The maximum Gasteiger partial charge on any atom is 0.275 e. The van der Waals surface area contributed by atoms with Crippen LogP contribution in [0.5, 0.6) is 5.75 Å². The average molecular weight is 397 g/mol. The van der Waals surface area contributed by atoms with Gasteiger partial charge in [0.2, 0.25) is 0 Å². The second-order valence-corrected chi connectivity index (χ2v) is 7.17. The highest BCUT2D eigenvalue weighted by Gasteiger charge is 2.13. The molecule has 0 unspecified atom stereocenters. The topological polar surface area (TPSA) is 55.6 Å². The molecule has 30 heavy (non-hydrogen) atoms. The highest BCUT2D eigenvalue weighted by molar-refractivity contribution is 6.01. The Morgan fingerprint density at radius 1 is 0.967 bits per heavy atom. The predicted octanol–water partition coefficient (Wildman–Crippen LogP) is 5.02. The van der Waals surface area contributed by atoms with E-state index in [9.17, 15) is 4.79 Å². The van der Waals surface area contributed by atoms with Gasteiger partial charge < -0.3 is 9.30 Å². The van der Waals surface area contributed by atoms with Crippen molar-refractivity contribution >= 4 is 22.9 Å². The van der Waals surface area contributed by atoms with E-state index < -0.39 is 0 Å². The van der Waals surface area contributed by atoms with Crippen molar-refractivity contribution in [1.82, 2.24) is 9.99 Å². The van der Waals surface area contributed by atoms with Crippen LogP contribution in [-0.4, -0.2) is 23.8 Å². The molecule has 1 N–H and O–H groups in total. The number of hydrogen-bond donors (Lipinski definition) is 1. The molecule has 1 amide bonds. The lowest BCUT2D eigenvalue weighted by Crippen LogP contribution is -2.18. The summed E-state index contributed by atoms with van der Waals surface area (Å²) in [6.07, 6.45) is 3.61. The fraction of sp³-hybridized carbons (Fsp3) is 0.120. The Morgan fingerprint density at radius 2 is 1.73 bits per heavy atom. The Labute approximate surface area is 175 Å². The number of aromatic nitrogens is 1. The van der Waals surface area contributed by atoms with Gasteiger partial charge in [0.05, 0.1) is 24.6 Å². The Hall–Kier alpha value is -3.86. The van der Waals surface area contributed by atoms with Gasteiger partial charge in [0.15, 0.2) is 0 Å². The van der Waals surface area contributed by atoms with E-state index in [1.54, 1.807) is 13.3 Å². The quantitative estimate of drug-likeness (QED) is 0.380. The highest BCUT2D eigenvalue weighted by atomic mass is 16.5. The second kappa shape index (κ2) is 8.25. The van der Waals surface area contributed by atoms with Crippen LogP contribution in [-0.2, 0) is 0 Å². The van der Waals surface area contributed by atoms with Gasteiger partial charge in [-0.05, 0) is 72.1 Å². The predicted molar refractivity (Wildman–Crippen MR) is 121 cm³/mol. The minimum absolute atomic E-state index is 0.321. The molecule has 0 atom stereocenters. The summed E-state index contributed by atoms with van der Waals surface area (Å²) in [7, 11) is 1.56. The lowest BCUT2D eigenvalue weighted by Gasteiger charge is -2.10. The van der Waals surface area contributed by atoms with Crippen molar-refractivity contribution in [3.05, 3.63) is 95.3 Å². The number of benzene rings is 3. The molecule has 0 spiro atoms. The first-order chi connectivity index (χ1) is 14.6. The monoisotopic (exact) mass is 397 g/mol. The number of methoxy groups -OCH3 is 1. The molecule has 0 fully saturated rings. The summed E-state index contributed by atoms with van der Waals surface area (Å²) < 4.78 is 7.43. The van der Waals surface area contributed by atoms with Crippen molar-refractivity contribution in [2.24, 2.45) is 5.10 Å². The zero-order valence-electron chi connectivity index (χ0n) is 17.2. The van der Waals surface area contributed by atoms with Crippen molar-refractivity contribution in [1.29, 1.82) is 0 Å². The number of rotatable bonds is 5. The van der Waals surface area contributed by atoms with E-state index in [2.05, 4.69) is 42.6 Å². The van der Waals surface area contributed by atoms with E-state index in [1.807, 2.05) is 59.3 Å². The number of nitrogens with one attached hydrogen (secondary N) is 1. The van der Waals surface area contributed by atoms with Crippen molar-refractivity contribution in [3.8, 4) is 11.4 Å². The normalized spacial score (nSPS) is 11.2. The summed E-state index contributed by atoms with van der Waals surface area (Å²) in [6.45, 7) is 4.18. The van der Waals surface area contributed by atoms with Crippen LogP contribution in [0.3, 0.4) is 0 Å². The minimum atomic E-state index is -0.321. The lowest BCUT2D eigenvalue weighted by molar-refractivity contribution is 0.0952. The number of hydrazone groups is 1. The minimum Gasteiger partial charge on any atom is -0.496 e. The summed E-state index contributed by atoms with van der Waals surface area (Å²) in [4.78, 5) is 12.7. The van der Waals surface area contributed by atoms with E-state index in [0.29, 0.717) is 11.3 Å². The first-order valence-corrected chi connectivity index (χ1v) is 9.72. The van der Waals surface area contributed by atoms with Gasteiger partial charge in [0.1, 0.15) is 5.75 Å². The molecule has 5 heteroatoms. The lowest BCUT2D eigenvalue weighted by atomic mass is 10.1. The molecule has 0 saturated carbocycles. The Balaban J connectivity index is 1.56. The first-order valence-electron chi connectivity index (χ1n) is 9.72. The number of aryl methyl sites for hydroxylation is 2. The zero-order valence-corrected chi connectivity index (χ0v) is 17.2. The molecular weight excluding hydrogens is 374 g/mol. The van der Waals surface area contributed by atoms with E-state index in [4.69, 9.17) is 4.74 Å². The number of hydrogen-bond acceptors (Lipinski definition) is 3. The van der Waals surface area contributed by atoms with E-state index in [-0.39, 0.29) is 5.91 Å². The SMILES string of the molecule is COc1cc2ccccc2cc1C(=O)N/N=C\c1cccn1-c1ccc(C)c(C)c1. The second-order valence-electron chi connectivity index (χ2n) is 7.17. The van der Waals surface area contributed by atoms with Gasteiger partial charge >= 0.3 is 0 Å². The van der Waals surface area contributed by atoms with Gasteiger partial charge in [-0.15, -0.1) is 0 Å².